The van der Waals surface area contributed by atoms with Crippen molar-refractivity contribution in [2.75, 3.05) is 26.7 Å². The van der Waals surface area contributed by atoms with Crippen molar-refractivity contribution in [1.82, 2.24) is 25.3 Å². The molecule has 0 radical (unpaired) electrons. The molecule has 1 aromatic carbocycles. The first-order chi connectivity index (χ1) is 11.7. The number of carbonyl (C=O) groups excluding carboxylic acids is 1. The van der Waals surface area contributed by atoms with E-state index in [0.29, 0.717) is 12.6 Å². The zero-order chi connectivity index (χ0) is 16.8. The van der Waals surface area contributed by atoms with Gasteiger partial charge in [0, 0.05) is 25.0 Å². The molecule has 3 rings (SSSR count). The van der Waals surface area contributed by atoms with Crippen molar-refractivity contribution >= 4 is 6.03 Å². The van der Waals surface area contributed by atoms with Crippen LogP contribution in [0.3, 0.4) is 0 Å². The second-order valence-corrected chi connectivity index (χ2v) is 6.34. The van der Waals surface area contributed by atoms with E-state index in [1.165, 1.54) is 5.56 Å². The summed E-state index contributed by atoms with van der Waals surface area (Å²) >= 11 is 0. The Labute approximate surface area is 142 Å². The molecule has 0 atom stereocenters. The number of aromatic nitrogens is 2. The minimum absolute atomic E-state index is 0.0577. The third-order valence-electron chi connectivity index (χ3n) is 4.46. The molecule has 0 unspecified atom stereocenters. The molecule has 2 aromatic rings. The van der Waals surface area contributed by atoms with Gasteiger partial charge in [-0.2, -0.15) is 5.10 Å². The van der Waals surface area contributed by atoms with Crippen LogP contribution in [0.2, 0.25) is 0 Å². The number of nitrogens with zero attached hydrogens (tertiary/aromatic N) is 3. The van der Waals surface area contributed by atoms with E-state index in [2.05, 4.69) is 39.8 Å². The van der Waals surface area contributed by atoms with Gasteiger partial charge >= 0.3 is 6.03 Å². The van der Waals surface area contributed by atoms with Crippen LogP contribution in [-0.4, -0.2) is 53.4 Å². The molecule has 2 amide bonds. The average Bonchev–Trinajstić information content (AvgIpc) is 3.12. The molecule has 1 aliphatic rings. The zero-order valence-electron chi connectivity index (χ0n) is 14.1. The van der Waals surface area contributed by atoms with Crippen LogP contribution in [0.4, 0.5) is 4.79 Å². The molecule has 1 saturated heterocycles. The van der Waals surface area contributed by atoms with Gasteiger partial charge < -0.3 is 15.5 Å². The van der Waals surface area contributed by atoms with E-state index in [1.807, 2.05) is 29.1 Å². The second kappa shape index (κ2) is 7.97. The highest BCUT2D eigenvalue weighted by molar-refractivity contribution is 5.74. The molecule has 0 saturated carbocycles. The highest BCUT2D eigenvalue weighted by Crippen LogP contribution is 2.09. The number of carbonyl (C=O) groups is 1. The standard InChI is InChI=1S/C18H25N5O/c1-22-13-8-16(9-14-22)21-18(24)19-11-7-15-3-5-17(6-4-15)23-12-2-10-20-23/h2-6,10,12,16H,7-9,11,13-14H2,1H3,(H2,19,21,24). The third kappa shape index (κ3) is 4.58. The molecule has 6 heteroatoms. The molecule has 128 valence electrons. The smallest absolute Gasteiger partial charge is 0.315 e. The van der Waals surface area contributed by atoms with Gasteiger partial charge in [-0.05, 0) is 63.2 Å². The Morgan fingerprint density at radius 2 is 2.00 bits per heavy atom. The predicted molar refractivity (Wildman–Crippen MR) is 94.3 cm³/mol. The van der Waals surface area contributed by atoms with Crippen molar-refractivity contribution in [3.8, 4) is 5.69 Å². The van der Waals surface area contributed by atoms with E-state index in [-0.39, 0.29) is 6.03 Å². The second-order valence-electron chi connectivity index (χ2n) is 6.34. The summed E-state index contributed by atoms with van der Waals surface area (Å²) in [6.07, 6.45) is 6.56. The van der Waals surface area contributed by atoms with Crippen LogP contribution in [-0.2, 0) is 6.42 Å². The highest BCUT2D eigenvalue weighted by atomic mass is 16.2. The largest absolute Gasteiger partial charge is 0.338 e. The minimum Gasteiger partial charge on any atom is -0.338 e. The number of likely N-dealkylation sites (tertiary alicyclic amines) is 1. The first-order valence-electron chi connectivity index (χ1n) is 8.52. The number of hydrogen-bond acceptors (Lipinski definition) is 3. The molecule has 1 aliphatic heterocycles. The molecule has 1 aromatic heterocycles. The van der Waals surface area contributed by atoms with Crippen LogP contribution in [0, 0.1) is 0 Å². The van der Waals surface area contributed by atoms with Crippen molar-refractivity contribution in [3.63, 3.8) is 0 Å². The molecule has 1 fully saturated rings. The molecule has 2 heterocycles. The SMILES string of the molecule is CN1CCC(NC(=O)NCCc2ccc(-n3cccn3)cc2)CC1. The van der Waals surface area contributed by atoms with Gasteiger partial charge in [0.1, 0.15) is 0 Å². The van der Waals surface area contributed by atoms with Gasteiger partial charge in [0.25, 0.3) is 0 Å². The Hall–Kier alpha value is -2.34. The first kappa shape index (κ1) is 16.5. The molecular weight excluding hydrogens is 302 g/mol. The van der Waals surface area contributed by atoms with E-state index >= 15 is 0 Å². The van der Waals surface area contributed by atoms with Crippen molar-refractivity contribution < 1.29 is 4.79 Å². The fraction of sp³-hybridized carbons (Fsp3) is 0.444. The average molecular weight is 327 g/mol. The van der Waals surface area contributed by atoms with Gasteiger partial charge in [-0.25, -0.2) is 9.48 Å². The van der Waals surface area contributed by atoms with Crippen LogP contribution < -0.4 is 10.6 Å². The van der Waals surface area contributed by atoms with Gasteiger partial charge in [-0.15, -0.1) is 0 Å². The molecule has 0 bridgehead atoms. The number of urea groups is 1. The van der Waals surface area contributed by atoms with Gasteiger partial charge in [-0.3, -0.25) is 0 Å². The fourth-order valence-electron chi connectivity index (χ4n) is 2.95. The molecule has 24 heavy (non-hydrogen) atoms. The van der Waals surface area contributed by atoms with Crippen LogP contribution in [0.1, 0.15) is 18.4 Å². The van der Waals surface area contributed by atoms with E-state index in [4.69, 9.17) is 0 Å². The molecule has 0 spiro atoms. The van der Waals surface area contributed by atoms with Crippen molar-refractivity contribution in [1.29, 1.82) is 0 Å². The van der Waals surface area contributed by atoms with Gasteiger partial charge in [0.15, 0.2) is 0 Å². The summed E-state index contributed by atoms with van der Waals surface area (Å²) in [7, 11) is 2.12. The number of amides is 2. The summed E-state index contributed by atoms with van der Waals surface area (Å²) < 4.78 is 1.83. The van der Waals surface area contributed by atoms with Gasteiger partial charge in [-0.1, -0.05) is 12.1 Å². The maximum atomic E-state index is 11.9. The number of rotatable bonds is 5. The van der Waals surface area contributed by atoms with Crippen LogP contribution in [0.5, 0.6) is 0 Å². The summed E-state index contributed by atoms with van der Waals surface area (Å²) in [4.78, 5) is 14.2. The van der Waals surface area contributed by atoms with E-state index in [0.717, 1.165) is 38.0 Å². The Morgan fingerprint density at radius 1 is 1.25 bits per heavy atom. The van der Waals surface area contributed by atoms with Crippen molar-refractivity contribution in [3.05, 3.63) is 48.3 Å². The lowest BCUT2D eigenvalue weighted by molar-refractivity contribution is 0.214. The minimum atomic E-state index is -0.0577. The van der Waals surface area contributed by atoms with Crippen molar-refractivity contribution in [2.45, 2.75) is 25.3 Å². The predicted octanol–water partition coefficient (Wildman–Crippen LogP) is 1.81. The van der Waals surface area contributed by atoms with Gasteiger partial charge in [0.05, 0.1) is 5.69 Å². The maximum Gasteiger partial charge on any atom is 0.315 e. The van der Waals surface area contributed by atoms with Crippen LogP contribution in [0.15, 0.2) is 42.7 Å². The monoisotopic (exact) mass is 327 g/mol. The summed E-state index contributed by atoms with van der Waals surface area (Å²) in [6.45, 7) is 2.74. The van der Waals surface area contributed by atoms with Crippen molar-refractivity contribution in [2.24, 2.45) is 0 Å². The third-order valence-corrected chi connectivity index (χ3v) is 4.46. The summed E-state index contributed by atoms with van der Waals surface area (Å²) in [5.41, 5.74) is 2.24. The molecular formula is C18H25N5O. The van der Waals surface area contributed by atoms with E-state index < -0.39 is 0 Å². The quantitative estimate of drug-likeness (QED) is 0.880. The first-order valence-corrected chi connectivity index (χ1v) is 8.52. The number of piperidine rings is 1. The summed E-state index contributed by atoms with van der Waals surface area (Å²) in [6, 6.07) is 10.4. The van der Waals surface area contributed by atoms with Gasteiger partial charge in [0.2, 0.25) is 0 Å². The number of nitrogens with one attached hydrogen (secondary N) is 2. The zero-order valence-corrected chi connectivity index (χ0v) is 14.1. The molecule has 0 aliphatic carbocycles. The lowest BCUT2D eigenvalue weighted by atomic mass is 10.1. The fourth-order valence-corrected chi connectivity index (χ4v) is 2.95. The Morgan fingerprint density at radius 3 is 2.67 bits per heavy atom. The maximum absolute atomic E-state index is 11.9. The lowest BCUT2D eigenvalue weighted by Gasteiger charge is -2.29. The van der Waals surface area contributed by atoms with Crippen LogP contribution >= 0.6 is 0 Å². The lowest BCUT2D eigenvalue weighted by Crippen LogP contribution is -2.47. The summed E-state index contributed by atoms with van der Waals surface area (Å²) in [5, 5.41) is 10.2. The Kier molecular flexibility index (Phi) is 5.48. The molecule has 6 nitrogen and oxygen atoms in total. The summed E-state index contributed by atoms with van der Waals surface area (Å²) in [5.74, 6) is 0. The Bertz CT molecular complexity index is 630. The number of benzene rings is 1. The number of hydrogen-bond donors (Lipinski definition) is 2. The highest BCUT2D eigenvalue weighted by Gasteiger charge is 2.17. The molecule has 2 N–H and O–H groups in total. The van der Waals surface area contributed by atoms with E-state index in [9.17, 15) is 4.79 Å². The van der Waals surface area contributed by atoms with Crippen LogP contribution in [0.25, 0.3) is 5.69 Å². The topological polar surface area (TPSA) is 62.2 Å². The normalized spacial score (nSPS) is 16.0. The van der Waals surface area contributed by atoms with E-state index in [1.54, 1.807) is 6.20 Å². The Balaban J connectivity index is 1.39.